The molecule has 2 aromatic rings. The lowest BCUT2D eigenvalue weighted by Crippen LogP contribution is -2.11. The zero-order valence-corrected chi connectivity index (χ0v) is 10.4. The highest BCUT2D eigenvalue weighted by Crippen LogP contribution is 2.16. The molecular formula is C15H12N2O2. The molecule has 0 unspecified atom stereocenters. The van der Waals surface area contributed by atoms with Gasteiger partial charge in [0.05, 0.1) is 18.7 Å². The van der Waals surface area contributed by atoms with Crippen LogP contribution in [0, 0.1) is 11.3 Å². The summed E-state index contributed by atoms with van der Waals surface area (Å²) in [6, 6.07) is 15.6. The third-order valence-corrected chi connectivity index (χ3v) is 2.62. The molecule has 0 aliphatic heterocycles. The molecule has 2 rings (SSSR count). The molecule has 0 aliphatic rings. The van der Waals surface area contributed by atoms with Crippen molar-refractivity contribution in [1.82, 2.24) is 0 Å². The van der Waals surface area contributed by atoms with E-state index in [1.165, 1.54) is 0 Å². The van der Waals surface area contributed by atoms with Gasteiger partial charge in [0, 0.05) is 11.3 Å². The second-order valence-electron chi connectivity index (χ2n) is 3.87. The molecule has 2 aromatic carbocycles. The quantitative estimate of drug-likeness (QED) is 0.913. The second kappa shape index (κ2) is 5.69. The van der Waals surface area contributed by atoms with E-state index in [4.69, 9.17) is 10.00 Å². The number of nitriles is 1. The summed E-state index contributed by atoms with van der Waals surface area (Å²) in [6.07, 6.45) is 0. The van der Waals surface area contributed by atoms with E-state index in [0.29, 0.717) is 16.8 Å². The molecule has 0 radical (unpaired) electrons. The van der Waals surface area contributed by atoms with Crippen molar-refractivity contribution in [3.8, 4) is 11.8 Å². The first-order chi connectivity index (χ1) is 9.22. The van der Waals surface area contributed by atoms with Gasteiger partial charge in [0.2, 0.25) is 0 Å². The van der Waals surface area contributed by atoms with E-state index in [0.717, 1.165) is 5.75 Å². The Morgan fingerprint density at radius 1 is 1.11 bits per heavy atom. The van der Waals surface area contributed by atoms with E-state index >= 15 is 0 Å². The van der Waals surface area contributed by atoms with Gasteiger partial charge in [-0.3, -0.25) is 4.79 Å². The topological polar surface area (TPSA) is 62.1 Å². The maximum absolute atomic E-state index is 11.9. The van der Waals surface area contributed by atoms with Crippen LogP contribution in [0.5, 0.6) is 5.75 Å². The van der Waals surface area contributed by atoms with E-state index in [1.54, 1.807) is 55.6 Å². The Kier molecular flexibility index (Phi) is 3.79. The largest absolute Gasteiger partial charge is 0.497 e. The molecule has 4 heteroatoms. The first-order valence-electron chi connectivity index (χ1n) is 5.68. The molecule has 0 aliphatic carbocycles. The number of anilines is 1. The van der Waals surface area contributed by atoms with Crippen molar-refractivity contribution in [3.05, 3.63) is 59.7 Å². The molecule has 0 bridgehead atoms. The zero-order valence-electron chi connectivity index (χ0n) is 10.4. The minimum absolute atomic E-state index is 0.213. The lowest BCUT2D eigenvalue weighted by molar-refractivity contribution is 0.102. The molecule has 94 valence electrons. The fraction of sp³-hybridized carbons (Fsp3) is 0.0667. The number of amides is 1. The highest BCUT2D eigenvalue weighted by Gasteiger charge is 2.05. The number of nitrogens with one attached hydrogen (secondary N) is 1. The molecule has 0 heterocycles. The fourth-order valence-electron chi connectivity index (χ4n) is 1.57. The summed E-state index contributed by atoms with van der Waals surface area (Å²) >= 11 is 0. The zero-order chi connectivity index (χ0) is 13.7. The standard InChI is InChI=1S/C15H12N2O2/c1-19-14-8-6-13(7-9-14)17-15(18)12-4-2-11(10-16)3-5-12/h2-9H,1H3,(H,17,18). The molecule has 0 saturated heterocycles. The first kappa shape index (κ1) is 12.7. The van der Waals surface area contributed by atoms with Gasteiger partial charge >= 0.3 is 0 Å². The predicted octanol–water partition coefficient (Wildman–Crippen LogP) is 2.82. The van der Waals surface area contributed by atoms with Gasteiger partial charge in [-0.25, -0.2) is 0 Å². The Bertz CT molecular complexity index is 610. The van der Waals surface area contributed by atoms with Crippen molar-refractivity contribution in [2.24, 2.45) is 0 Å². The summed E-state index contributed by atoms with van der Waals surface area (Å²) in [7, 11) is 1.59. The lowest BCUT2D eigenvalue weighted by atomic mass is 10.1. The number of ether oxygens (including phenoxy) is 1. The molecule has 19 heavy (non-hydrogen) atoms. The lowest BCUT2D eigenvalue weighted by Gasteiger charge is -2.06. The summed E-state index contributed by atoms with van der Waals surface area (Å²) in [5, 5.41) is 11.5. The van der Waals surface area contributed by atoms with Gasteiger partial charge in [0.1, 0.15) is 5.75 Å². The monoisotopic (exact) mass is 252 g/mol. The van der Waals surface area contributed by atoms with E-state index in [-0.39, 0.29) is 5.91 Å². The minimum atomic E-state index is -0.213. The number of hydrogen-bond acceptors (Lipinski definition) is 3. The van der Waals surface area contributed by atoms with Gasteiger partial charge in [-0.05, 0) is 48.5 Å². The van der Waals surface area contributed by atoms with Gasteiger partial charge in [0.15, 0.2) is 0 Å². The number of carbonyl (C=O) groups is 1. The van der Waals surface area contributed by atoms with Crippen LogP contribution in [-0.2, 0) is 0 Å². The van der Waals surface area contributed by atoms with Crippen LogP contribution in [0.25, 0.3) is 0 Å². The van der Waals surface area contributed by atoms with Crippen LogP contribution in [-0.4, -0.2) is 13.0 Å². The van der Waals surface area contributed by atoms with E-state index < -0.39 is 0 Å². The van der Waals surface area contributed by atoms with Crippen LogP contribution in [0.4, 0.5) is 5.69 Å². The average Bonchev–Trinajstić information content (AvgIpc) is 2.48. The molecule has 0 saturated carbocycles. The highest BCUT2D eigenvalue weighted by molar-refractivity contribution is 6.04. The van der Waals surface area contributed by atoms with Crippen molar-refractivity contribution >= 4 is 11.6 Å². The van der Waals surface area contributed by atoms with E-state index in [1.807, 2.05) is 6.07 Å². The van der Waals surface area contributed by atoms with Crippen molar-refractivity contribution in [2.45, 2.75) is 0 Å². The summed E-state index contributed by atoms with van der Waals surface area (Å²) in [4.78, 5) is 11.9. The van der Waals surface area contributed by atoms with Crippen molar-refractivity contribution in [1.29, 1.82) is 5.26 Å². The van der Waals surface area contributed by atoms with Gasteiger partial charge in [-0.1, -0.05) is 0 Å². The first-order valence-corrected chi connectivity index (χ1v) is 5.68. The van der Waals surface area contributed by atoms with Crippen LogP contribution >= 0.6 is 0 Å². The molecule has 0 atom stereocenters. The van der Waals surface area contributed by atoms with Gasteiger partial charge in [-0.15, -0.1) is 0 Å². The Morgan fingerprint density at radius 2 is 1.74 bits per heavy atom. The van der Waals surface area contributed by atoms with Crippen molar-refractivity contribution < 1.29 is 9.53 Å². The van der Waals surface area contributed by atoms with E-state index in [9.17, 15) is 4.79 Å². The molecule has 1 N–H and O–H groups in total. The number of benzene rings is 2. The third-order valence-electron chi connectivity index (χ3n) is 2.62. The molecule has 1 amide bonds. The molecule has 0 aromatic heterocycles. The van der Waals surface area contributed by atoms with Crippen LogP contribution in [0.15, 0.2) is 48.5 Å². The smallest absolute Gasteiger partial charge is 0.255 e. The third kappa shape index (κ3) is 3.11. The van der Waals surface area contributed by atoms with Crippen molar-refractivity contribution in [3.63, 3.8) is 0 Å². The van der Waals surface area contributed by atoms with Gasteiger partial charge < -0.3 is 10.1 Å². The number of nitrogens with zero attached hydrogens (tertiary/aromatic N) is 1. The molecule has 4 nitrogen and oxygen atoms in total. The summed E-state index contributed by atoms with van der Waals surface area (Å²) in [5.74, 6) is 0.519. The molecular weight excluding hydrogens is 240 g/mol. The van der Waals surface area contributed by atoms with E-state index in [2.05, 4.69) is 5.32 Å². The van der Waals surface area contributed by atoms with Gasteiger partial charge in [-0.2, -0.15) is 5.26 Å². The summed E-state index contributed by atoms with van der Waals surface area (Å²) in [5.41, 5.74) is 1.73. The Balaban J connectivity index is 2.09. The number of rotatable bonds is 3. The Labute approximate surface area is 111 Å². The summed E-state index contributed by atoms with van der Waals surface area (Å²) in [6.45, 7) is 0. The molecule has 0 fully saturated rings. The SMILES string of the molecule is COc1ccc(NC(=O)c2ccc(C#N)cc2)cc1. The van der Waals surface area contributed by atoms with Crippen LogP contribution < -0.4 is 10.1 Å². The summed E-state index contributed by atoms with van der Waals surface area (Å²) < 4.78 is 5.04. The van der Waals surface area contributed by atoms with Crippen LogP contribution in [0.1, 0.15) is 15.9 Å². The predicted molar refractivity (Wildman–Crippen MR) is 72.1 cm³/mol. The maximum atomic E-state index is 11.9. The fourth-order valence-corrected chi connectivity index (χ4v) is 1.57. The van der Waals surface area contributed by atoms with Crippen LogP contribution in [0.2, 0.25) is 0 Å². The maximum Gasteiger partial charge on any atom is 0.255 e. The Morgan fingerprint density at radius 3 is 2.26 bits per heavy atom. The Hall–Kier alpha value is -2.80. The molecule has 0 spiro atoms. The van der Waals surface area contributed by atoms with Crippen LogP contribution in [0.3, 0.4) is 0 Å². The highest BCUT2D eigenvalue weighted by atomic mass is 16.5. The number of methoxy groups -OCH3 is 1. The normalized spacial score (nSPS) is 9.47. The second-order valence-corrected chi connectivity index (χ2v) is 3.87. The van der Waals surface area contributed by atoms with Gasteiger partial charge in [0.25, 0.3) is 5.91 Å². The average molecular weight is 252 g/mol. The number of carbonyl (C=O) groups excluding carboxylic acids is 1. The number of hydrogen-bond donors (Lipinski definition) is 1. The minimum Gasteiger partial charge on any atom is -0.497 e. The van der Waals surface area contributed by atoms with Crippen molar-refractivity contribution in [2.75, 3.05) is 12.4 Å².